The number of nitrogen functional groups attached to an aromatic ring is 2. The molecule has 1 atom stereocenters. The molecular weight excluding hydrogens is 592 g/mol. The van der Waals surface area contributed by atoms with Crippen LogP contribution in [-0.4, -0.2) is 74.0 Å². The summed E-state index contributed by atoms with van der Waals surface area (Å²) in [5.41, 5.74) is 11.4. The van der Waals surface area contributed by atoms with Gasteiger partial charge in [-0.25, -0.2) is 24.7 Å². The summed E-state index contributed by atoms with van der Waals surface area (Å²) < 4.78 is 0. The Morgan fingerprint density at radius 3 is 1.80 bits per heavy atom. The van der Waals surface area contributed by atoms with E-state index < -0.39 is 41.4 Å². The number of amides is 1. The molecule has 0 saturated carbocycles. The SMILES string of the molecule is Nc1nc2ncc(CN(Cc3cnc4nc(N)[nH]c(=O)c4n3)c3ccc(C(=O)NC(CCC(=O)O)C(=O)O)cc3)nc2c(=O)[nH]1. The number of aromatic amines is 2. The van der Waals surface area contributed by atoms with E-state index in [1.54, 1.807) is 17.0 Å². The second-order valence-corrected chi connectivity index (χ2v) is 9.67. The van der Waals surface area contributed by atoms with Crippen LogP contribution in [-0.2, 0) is 22.7 Å². The van der Waals surface area contributed by atoms with E-state index in [9.17, 15) is 29.1 Å². The standard InChI is InChI=1S/C26H24N12O7/c27-25-34-19-17(22(42)36-25)31-12(7-29-19)9-38(10-13-8-30-20-18(32-13)23(43)37-26(28)35-20)14-3-1-11(2-4-14)21(41)33-15(24(44)45)5-6-16(39)40/h1-4,7-8,15H,5-6,9-10H2,(H,33,41)(H,39,40)(H,44,45)(H3,27,29,34,36,42)(H3,28,30,35,37,43). The Hall–Kier alpha value is -6.53. The van der Waals surface area contributed by atoms with Crippen LogP contribution in [0, 0.1) is 0 Å². The summed E-state index contributed by atoms with van der Waals surface area (Å²) in [6.45, 7) is 0.120. The first-order chi connectivity index (χ1) is 21.5. The van der Waals surface area contributed by atoms with Crippen LogP contribution in [0.15, 0.2) is 46.2 Å². The monoisotopic (exact) mass is 616 g/mol. The second-order valence-electron chi connectivity index (χ2n) is 9.67. The Kier molecular flexibility index (Phi) is 8.23. The van der Waals surface area contributed by atoms with Gasteiger partial charge in [0, 0.05) is 17.7 Å². The number of nitrogens with one attached hydrogen (secondary N) is 3. The number of hydrogen-bond acceptors (Lipinski definition) is 14. The summed E-state index contributed by atoms with van der Waals surface area (Å²) in [6.07, 6.45) is 2.09. The average molecular weight is 617 g/mol. The van der Waals surface area contributed by atoms with Gasteiger partial charge < -0.3 is 31.9 Å². The summed E-state index contributed by atoms with van der Waals surface area (Å²) >= 11 is 0. The Labute approximate surface area is 250 Å². The molecule has 45 heavy (non-hydrogen) atoms. The van der Waals surface area contributed by atoms with Crippen LogP contribution in [0.5, 0.6) is 0 Å². The van der Waals surface area contributed by atoms with Crippen LogP contribution in [0.2, 0.25) is 0 Å². The van der Waals surface area contributed by atoms with Crippen molar-refractivity contribution in [2.24, 2.45) is 0 Å². The van der Waals surface area contributed by atoms with Gasteiger partial charge in [0.2, 0.25) is 11.9 Å². The van der Waals surface area contributed by atoms with Crippen molar-refractivity contribution in [2.75, 3.05) is 16.4 Å². The number of aromatic nitrogens is 8. The maximum atomic E-state index is 12.8. The highest BCUT2D eigenvalue weighted by molar-refractivity contribution is 5.97. The van der Waals surface area contributed by atoms with Crippen molar-refractivity contribution in [3.05, 3.63) is 74.3 Å². The fraction of sp³-hybridized carbons (Fsp3) is 0.192. The lowest BCUT2D eigenvalue weighted by atomic mass is 10.1. The van der Waals surface area contributed by atoms with Crippen molar-refractivity contribution in [3.8, 4) is 0 Å². The highest BCUT2D eigenvalue weighted by Crippen LogP contribution is 2.21. The number of anilines is 3. The number of carboxylic acids is 2. The number of nitrogens with zero attached hydrogens (tertiary/aromatic N) is 7. The van der Waals surface area contributed by atoms with E-state index >= 15 is 0 Å². The smallest absolute Gasteiger partial charge is 0.326 e. The number of benzene rings is 1. The Bertz CT molecular complexity index is 1960. The molecule has 1 aromatic carbocycles. The molecule has 19 heteroatoms. The summed E-state index contributed by atoms with van der Waals surface area (Å²) in [5, 5.41) is 20.6. The quantitative estimate of drug-likeness (QED) is 0.0951. The lowest BCUT2D eigenvalue weighted by molar-refractivity contribution is -0.140. The molecule has 4 heterocycles. The minimum atomic E-state index is -1.40. The predicted molar refractivity (Wildman–Crippen MR) is 157 cm³/mol. The number of carbonyl (C=O) groups excluding carboxylic acids is 1. The van der Waals surface area contributed by atoms with E-state index in [-0.39, 0.29) is 59.3 Å². The van der Waals surface area contributed by atoms with Gasteiger partial charge in [-0.1, -0.05) is 0 Å². The zero-order valence-electron chi connectivity index (χ0n) is 23.1. The number of carboxylic acid groups (broad SMARTS) is 2. The molecule has 0 aliphatic rings. The fourth-order valence-electron chi connectivity index (χ4n) is 4.31. The number of fused-ring (bicyclic) bond motifs is 2. The van der Waals surface area contributed by atoms with Crippen molar-refractivity contribution in [1.82, 2.24) is 45.2 Å². The van der Waals surface area contributed by atoms with Gasteiger partial charge in [0.15, 0.2) is 22.3 Å². The Balaban J connectivity index is 1.45. The molecule has 1 amide bonds. The van der Waals surface area contributed by atoms with Gasteiger partial charge in [0.05, 0.1) is 36.9 Å². The first-order valence-electron chi connectivity index (χ1n) is 13.1. The average Bonchev–Trinajstić information content (AvgIpc) is 2.99. The molecule has 0 spiro atoms. The van der Waals surface area contributed by atoms with E-state index in [4.69, 9.17) is 16.6 Å². The first-order valence-corrected chi connectivity index (χ1v) is 13.1. The molecule has 0 aliphatic heterocycles. The third-order valence-electron chi connectivity index (χ3n) is 6.42. The van der Waals surface area contributed by atoms with E-state index in [0.29, 0.717) is 17.1 Å². The third kappa shape index (κ3) is 6.93. The van der Waals surface area contributed by atoms with Gasteiger partial charge in [-0.2, -0.15) is 9.97 Å². The van der Waals surface area contributed by atoms with Gasteiger partial charge in [0.25, 0.3) is 17.0 Å². The number of hydrogen-bond donors (Lipinski definition) is 7. The van der Waals surface area contributed by atoms with Crippen molar-refractivity contribution in [1.29, 1.82) is 0 Å². The number of nitrogens with two attached hydrogens (primary N) is 2. The van der Waals surface area contributed by atoms with Crippen molar-refractivity contribution in [3.63, 3.8) is 0 Å². The third-order valence-corrected chi connectivity index (χ3v) is 6.42. The Morgan fingerprint density at radius 2 is 1.33 bits per heavy atom. The molecule has 0 radical (unpaired) electrons. The fourth-order valence-corrected chi connectivity index (χ4v) is 4.31. The Morgan fingerprint density at radius 1 is 0.822 bits per heavy atom. The minimum Gasteiger partial charge on any atom is -0.481 e. The van der Waals surface area contributed by atoms with Crippen LogP contribution < -0.4 is 32.8 Å². The van der Waals surface area contributed by atoms with Crippen molar-refractivity contribution >= 4 is 57.8 Å². The molecule has 0 fully saturated rings. The van der Waals surface area contributed by atoms with Gasteiger partial charge in [-0.05, 0) is 30.7 Å². The van der Waals surface area contributed by atoms with Crippen molar-refractivity contribution < 1.29 is 24.6 Å². The number of carbonyl (C=O) groups is 3. The van der Waals surface area contributed by atoms with Crippen LogP contribution >= 0.6 is 0 Å². The lowest BCUT2D eigenvalue weighted by Gasteiger charge is -2.24. The van der Waals surface area contributed by atoms with Gasteiger partial charge in [0.1, 0.15) is 6.04 Å². The molecule has 5 rings (SSSR count). The number of H-pyrrole nitrogens is 2. The lowest BCUT2D eigenvalue weighted by Crippen LogP contribution is -2.41. The van der Waals surface area contributed by atoms with Crippen LogP contribution in [0.3, 0.4) is 0 Å². The van der Waals surface area contributed by atoms with E-state index in [2.05, 4.69) is 45.2 Å². The maximum Gasteiger partial charge on any atom is 0.326 e. The molecule has 19 nitrogen and oxygen atoms in total. The largest absolute Gasteiger partial charge is 0.481 e. The highest BCUT2D eigenvalue weighted by Gasteiger charge is 2.22. The molecule has 4 aromatic heterocycles. The summed E-state index contributed by atoms with van der Waals surface area (Å²) in [7, 11) is 0. The summed E-state index contributed by atoms with van der Waals surface area (Å²) in [5.74, 6) is -3.50. The van der Waals surface area contributed by atoms with E-state index in [1.807, 2.05) is 0 Å². The summed E-state index contributed by atoms with van der Waals surface area (Å²) in [6, 6.07) is 4.65. The maximum absolute atomic E-state index is 12.8. The molecule has 1 unspecified atom stereocenters. The zero-order chi connectivity index (χ0) is 32.2. The van der Waals surface area contributed by atoms with Crippen LogP contribution in [0.1, 0.15) is 34.6 Å². The molecule has 9 N–H and O–H groups in total. The van der Waals surface area contributed by atoms with E-state index in [1.165, 1.54) is 24.5 Å². The summed E-state index contributed by atoms with van der Waals surface area (Å²) in [4.78, 5) is 91.5. The molecule has 0 aliphatic carbocycles. The van der Waals surface area contributed by atoms with Crippen LogP contribution in [0.25, 0.3) is 22.3 Å². The highest BCUT2D eigenvalue weighted by atomic mass is 16.4. The number of aliphatic carboxylic acids is 2. The molecular formula is C26H24N12O7. The predicted octanol–water partition coefficient (Wildman–Crippen LogP) is -0.841. The van der Waals surface area contributed by atoms with Crippen molar-refractivity contribution in [2.45, 2.75) is 32.0 Å². The molecule has 0 bridgehead atoms. The molecule has 0 saturated heterocycles. The molecule has 230 valence electrons. The number of rotatable bonds is 11. The zero-order valence-corrected chi connectivity index (χ0v) is 23.1. The van der Waals surface area contributed by atoms with Crippen LogP contribution in [0.4, 0.5) is 17.6 Å². The minimum absolute atomic E-state index is 0.0368. The van der Waals surface area contributed by atoms with Gasteiger partial charge in [-0.15, -0.1) is 0 Å². The van der Waals surface area contributed by atoms with Gasteiger partial charge >= 0.3 is 11.9 Å². The van der Waals surface area contributed by atoms with E-state index in [0.717, 1.165) is 0 Å². The van der Waals surface area contributed by atoms with Gasteiger partial charge in [-0.3, -0.25) is 29.1 Å². The molecule has 5 aromatic rings. The topological polar surface area (TPSA) is 302 Å². The normalized spacial score (nSPS) is 11.7. The second kappa shape index (κ2) is 12.4. The first kappa shape index (κ1) is 29.9.